The molecule has 0 atom stereocenters. The smallest absolute Gasteiger partial charge is 0.346 e. The molecule has 0 aliphatic carbocycles. The number of carbonyl (C=O) groups is 1. The van der Waals surface area contributed by atoms with Crippen LogP contribution in [-0.2, 0) is 14.6 Å². The van der Waals surface area contributed by atoms with Crippen molar-refractivity contribution < 1.29 is 18.3 Å². The highest BCUT2D eigenvalue weighted by Gasteiger charge is 2.34. The van der Waals surface area contributed by atoms with Gasteiger partial charge in [-0.1, -0.05) is 6.58 Å². The Balaban J connectivity index is 5.18. The zero-order valence-electron chi connectivity index (χ0n) is 7.29. The fourth-order valence-electron chi connectivity index (χ4n) is 0.485. The van der Waals surface area contributed by atoms with Gasteiger partial charge in [0.25, 0.3) is 0 Å². The summed E-state index contributed by atoms with van der Waals surface area (Å²) in [6.07, 6.45) is 0. The van der Waals surface area contributed by atoms with Gasteiger partial charge in [-0.15, -0.1) is 0 Å². The lowest BCUT2D eigenvalue weighted by atomic mass is 10.3. The quantitative estimate of drug-likeness (QED) is 0.657. The molecule has 12 heavy (non-hydrogen) atoms. The van der Waals surface area contributed by atoms with Gasteiger partial charge in [0.15, 0.2) is 9.84 Å². The van der Waals surface area contributed by atoms with Crippen molar-refractivity contribution >= 4 is 15.8 Å². The third-order valence-electron chi connectivity index (χ3n) is 1.37. The first-order valence-electron chi connectivity index (χ1n) is 3.27. The predicted octanol–water partition coefficient (Wildman–Crippen LogP) is 0.798. The molecule has 0 radical (unpaired) electrons. The molecule has 0 heterocycles. The van der Waals surface area contributed by atoms with E-state index in [-0.39, 0.29) is 0 Å². The van der Waals surface area contributed by atoms with E-state index in [9.17, 15) is 13.2 Å². The van der Waals surface area contributed by atoms with Crippen molar-refractivity contribution in [2.75, 3.05) is 0 Å². The van der Waals surface area contributed by atoms with Crippen LogP contribution < -0.4 is 0 Å². The minimum Gasteiger partial charge on any atom is -0.477 e. The van der Waals surface area contributed by atoms with Gasteiger partial charge in [-0.2, -0.15) is 0 Å². The standard InChI is InChI=1S/C7H12O4S/c1-5(6(8)9)12(10,11)7(2,3)4/h1H2,2-4H3,(H,8,9). The molecular formula is C7H12O4S. The second kappa shape index (κ2) is 2.90. The van der Waals surface area contributed by atoms with Crippen LogP contribution in [0.4, 0.5) is 0 Å². The van der Waals surface area contributed by atoms with Crippen molar-refractivity contribution in [1.82, 2.24) is 0 Å². The second-order valence-electron chi connectivity index (χ2n) is 3.34. The van der Waals surface area contributed by atoms with Crippen LogP contribution >= 0.6 is 0 Å². The molecular weight excluding hydrogens is 180 g/mol. The summed E-state index contributed by atoms with van der Waals surface area (Å²) in [6, 6.07) is 0. The lowest BCUT2D eigenvalue weighted by Gasteiger charge is -2.18. The van der Waals surface area contributed by atoms with Crippen LogP contribution in [0, 0.1) is 0 Å². The van der Waals surface area contributed by atoms with Crippen molar-refractivity contribution in [3.8, 4) is 0 Å². The molecule has 4 nitrogen and oxygen atoms in total. The molecule has 0 unspecified atom stereocenters. The van der Waals surface area contributed by atoms with E-state index in [0.717, 1.165) is 0 Å². The SMILES string of the molecule is C=C(C(=O)O)S(=O)(=O)C(C)(C)C. The zero-order valence-corrected chi connectivity index (χ0v) is 8.10. The van der Waals surface area contributed by atoms with Gasteiger partial charge in [0.05, 0.1) is 4.75 Å². The zero-order chi connectivity index (χ0) is 10.2. The first-order valence-corrected chi connectivity index (χ1v) is 4.76. The summed E-state index contributed by atoms with van der Waals surface area (Å²) in [7, 11) is -3.77. The number of hydrogen-bond acceptors (Lipinski definition) is 3. The Morgan fingerprint density at radius 1 is 1.33 bits per heavy atom. The van der Waals surface area contributed by atoms with E-state index in [1.54, 1.807) is 0 Å². The minimum absolute atomic E-state index is 0.755. The molecule has 0 bridgehead atoms. The summed E-state index contributed by atoms with van der Waals surface area (Å²) in [6.45, 7) is 7.29. The van der Waals surface area contributed by atoms with E-state index >= 15 is 0 Å². The van der Waals surface area contributed by atoms with Crippen LogP contribution in [0.5, 0.6) is 0 Å². The van der Waals surface area contributed by atoms with E-state index in [2.05, 4.69) is 6.58 Å². The molecule has 0 amide bonds. The molecule has 0 aliphatic rings. The minimum atomic E-state index is -3.77. The third kappa shape index (κ3) is 1.85. The summed E-state index contributed by atoms with van der Waals surface area (Å²) in [5, 5.41) is 8.40. The van der Waals surface area contributed by atoms with Crippen LogP contribution in [-0.4, -0.2) is 24.2 Å². The Morgan fingerprint density at radius 3 is 1.75 bits per heavy atom. The molecule has 1 N–H and O–H groups in total. The van der Waals surface area contributed by atoms with Gasteiger partial charge in [-0.25, -0.2) is 13.2 Å². The lowest BCUT2D eigenvalue weighted by molar-refractivity contribution is -0.131. The highest BCUT2D eigenvalue weighted by atomic mass is 32.2. The number of aliphatic carboxylic acids is 1. The summed E-state index contributed by atoms with van der Waals surface area (Å²) >= 11 is 0. The van der Waals surface area contributed by atoms with Gasteiger partial charge >= 0.3 is 5.97 Å². The molecule has 0 aromatic heterocycles. The number of sulfone groups is 1. The molecule has 0 aromatic carbocycles. The van der Waals surface area contributed by atoms with Crippen LogP contribution in [0.25, 0.3) is 0 Å². The Bertz CT molecular complexity index is 305. The Labute approximate surface area is 71.8 Å². The maximum atomic E-state index is 11.3. The second-order valence-corrected chi connectivity index (χ2v) is 6.07. The van der Waals surface area contributed by atoms with Gasteiger partial charge in [0.1, 0.15) is 4.91 Å². The number of carboxylic acid groups (broad SMARTS) is 1. The first kappa shape index (κ1) is 11.2. The van der Waals surface area contributed by atoms with Crippen molar-refractivity contribution in [2.24, 2.45) is 0 Å². The molecule has 0 rings (SSSR count). The average Bonchev–Trinajstić information content (AvgIpc) is 1.83. The molecule has 0 aliphatic heterocycles. The average molecular weight is 192 g/mol. The highest BCUT2D eigenvalue weighted by molar-refractivity contribution is 7.97. The largest absolute Gasteiger partial charge is 0.477 e. The lowest BCUT2D eigenvalue weighted by Crippen LogP contribution is -2.31. The van der Waals surface area contributed by atoms with Crippen LogP contribution in [0.2, 0.25) is 0 Å². The molecule has 0 fully saturated rings. The summed E-state index contributed by atoms with van der Waals surface area (Å²) in [4.78, 5) is 9.56. The van der Waals surface area contributed by atoms with Crippen molar-refractivity contribution in [2.45, 2.75) is 25.5 Å². The van der Waals surface area contributed by atoms with Gasteiger partial charge in [0, 0.05) is 0 Å². The molecule has 0 saturated heterocycles. The third-order valence-corrected chi connectivity index (χ3v) is 3.80. The van der Waals surface area contributed by atoms with Crippen LogP contribution in [0.15, 0.2) is 11.5 Å². The number of hydrogen-bond donors (Lipinski definition) is 1. The van der Waals surface area contributed by atoms with Crippen molar-refractivity contribution in [1.29, 1.82) is 0 Å². The van der Waals surface area contributed by atoms with Crippen molar-refractivity contribution in [3.05, 3.63) is 11.5 Å². The topological polar surface area (TPSA) is 71.4 Å². The molecule has 5 heteroatoms. The molecule has 70 valence electrons. The summed E-state index contributed by atoms with van der Waals surface area (Å²) < 4.78 is 21.5. The molecule has 0 saturated carbocycles. The molecule has 0 aromatic rings. The maximum absolute atomic E-state index is 11.3. The summed E-state index contributed by atoms with van der Waals surface area (Å²) in [5.74, 6) is -1.50. The van der Waals surface area contributed by atoms with Crippen molar-refractivity contribution in [3.63, 3.8) is 0 Å². The summed E-state index contributed by atoms with van der Waals surface area (Å²) in [5.41, 5.74) is 0. The Hall–Kier alpha value is -0.840. The van der Waals surface area contributed by atoms with Crippen LogP contribution in [0.1, 0.15) is 20.8 Å². The monoisotopic (exact) mass is 192 g/mol. The normalized spacial score (nSPS) is 12.6. The van der Waals surface area contributed by atoms with Gasteiger partial charge < -0.3 is 5.11 Å². The number of carboxylic acids is 1. The fourth-order valence-corrected chi connectivity index (χ4v) is 1.45. The fraction of sp³-hybridized carbons (Fsp3) is 0.571. The van der Waals surface area contributed by atoms with Gasteiger partial charge in [-0.05, 0) is 20.8 Å². The van der Waals surface area contributed by atoms with Gasteiger partial charge in [-0.3, -0.25) is 0 Å². The van der Waals surface area contributed by atoms with E-state index in [1.807, 2.05) is 0 Å². The Kier molecular flexibility index (Phi) is 2.69. The first-order chi connectivity index (χ1) is 5.10. The molecule has 0 spiro atoms. The van der Waals surface area contributed by atoms with Crippen LogP contribution in [0.3, 0.4) is 0 Å². The van der Waals surface area contributed by atoms with E-state index in [4.69, 9.17) is 5.11 Å². The highest BCUT2D eigenvalue weighted by Crippen LogP contribution is 2.22. The van der Waals surface area contributed by atoms with E-state index in [0.29, 0.717) is 0 Å². The number of rotatable bonds is 2. The van der Waals surface area contributed by atoms with E-state index < -0.39 is 25.5 Å². The van der Waals surface area contributed by atoms with Gasteiger partial charge in [0.2, 0.25) is 0 Å². The Morgan fingerprint density at radius 2 is 1.67 bits per heavy atom. The maximum Gasteiger partial charge on any atom is 0.346 e. The predicted molar refractivity (Wildman–Crippen MR) is 45.4 cm³/mol. The van der Waals surface area contributed by atoms with E-state index in [1.165, 1.54) is 20.8 Å².